The van der Waals surface area contributed by atoms with Crippen LogP contribution < -0.4 is 5.32 Å². The fourth-order valence-electron chi connectivity index (χ4n) is 1.45. The largest absolute Gasteiger partial charge is 0.322 e. The lowest BCUT2D eigenvalue weighted by molar-refractivity contribution is 0.102. The minimum Gasteiger partial charge on any atom is -0.322 e. The average Bonchev–Trinajstić information content (AvgIpc) is 2.37. The molecule has 0 aliphatic heterocycles. The van der Waals surface area contributed by atoms with Gasteiger partial charge in [-0.25, -0.2) is 4.39 Å². The number of anilines is 1. The van der Waals surface area contributed by atoms with Crippen LogP contribution in [0.3, 0.4) is 0 Å². The number of rotatable bonds is 2. The summed E-state index contributed by atoms with van der Waals surface area (Å²) in [5, 5.41) is 3.00. The van der Waals surface area contributed by atoms with E-state index in [1.54, 1.807) is 18.2 Å². The zero-order chi connectivity index (χ0) is 14.0. The van der Waals surface area contributed by atoms with Crippen molar-refractivity contribution in [2.75, 3.05) is 5.32 Å². The molecule has 2 aromatic rings. The van der Waals surface area contributed by atoms with E-state index in [0.717, 1.165) is 0 Å². The Bertz CT molecular complexity index is 649. The lowest BCUT2D eigenvalue weighted by Gasteiger charge is -2.07. The molecule has 0 fully saturated rings. The van der Waals surface area contributed by atoms with Crippen LogP contribution in [0.2, 0.25) is 10.0 Å². The number of carbonyl (C=O) groups is 1. The third kappa shape index (κ3) is 3.26. The number of hydrogen-bond donors (Lipinski definition) is 1. The highest BCUT2D eigenvalue weighted by atomic mass is 79.9. The molecule has 0 saturated heterocycles. The first-order valence-corrected chi connectivity index (χ1v) is 6.74. The first-order valence-electron chi connectivity index (χ1n) is 5.19. The highest BCUT2D eigenvalue weighted by Crippen LogP contribution is 2.26. The Kier molecular flexibility index (Phi) is 4.45. The Balaban J connectivity index is 2.26. The van der Waals surface area contributed by atoms with Crippen LogP contribution in [-0.4, -0.2) is 5.91 Å². The molecule has 0 radical (unpaired) electrons. The molecule has 98 valence electrons. The topological polar surface area (TPSA) is 29.1 Å². The molecular formula is C13H7BrCl2FNO. The lowest BCUT2D eigenvalue weighted by Crippen LogP contribution is -2.13. The van der Waals surface area contributed by atoms with Crippen molar-refractivity contribution in [1.82, 2.24) is 0 Å². The predicted molar refractivity (Wildman–Crippen MR) is 78.5 cm³/mol. The predicted octanol–water partition coefficient (Wildman–Crippen LogP) is 5.15. The summed E-state index contributed by atoms with van der Waals surface area (Å²) in [6.45, 7) is 0. The fraction of sp³-hybridized carbons (Fsp3) is 0. The molecular weight excluding hydrogens is 356 g/mol. The van der Waals surface area contributed by atoms with Crippen molar-refractivity contribution < 1.29 is 9.18 Å². The highest BCUT2D eigenvalue weighted by molar-refractivity contribution is 9.10. The van der Waals surface area contributed by atoms with Gasteiger partial charge < -0.3 is 5.32 Å². The van der Waals surface area contributed by atoms with Crippen LogP contribution in [0.1, 0.15) is 10.4 Å². The van der Waals surface area contributed by atoms with Crippen molar-refractivity contribution in [1.29, 1.82) is 0 Å². The first-order chi connectivity index (χ1) is 8.99. The maximum atomic E-state index is 13.7. The van der Waals surface area contributed by atoms with Gasteiger partial charge in [-0.05, 0) is 46.3 Å². The second kappa shape index (κ2) is 5.90. The van der Waals surface area contributed by atoms with E-state index in [1.165, 1.54) is 18.2 Å². The van der Waals surface area contributed by atoms with Crippen molar-refractivity contribution >= 4 is 50.7 Å². The van der Waals surface area contributed by atoms with Crippen LogP contribution >= 0.6 is 39.1 Å². The summed E-state index contributed by atoms with van der Waals surface area (Å²) in [6.07, 6.45) is 0. The summed E-state index contributed by atoms with van der Waals surface area (Å²) >= 11 is 14.7. The molecule has 0 unspecified atom stereocenters. The molecule has 0 bridgehead atoms. The zero-order valence-electron chi connectivity index (χ0n) is 9.38. The molecule has 1 amide bonds. The Labute approximate surface area is 127 Å². The SMILES string of the molecule is O=C(Nc1ccc(Cl)c(Br)c1)c1cccc(Cl)c1F. The average molecular weight is 363 g/mol. The van der Waals surface area contributed by atoms with Gasteiger partial charge >= 0.3 is 0 Å². The van der Waals surface area contributed by atoms with E-state index in [1.807, 2.05) is 0 Å². The van der Waals surface area contributed by atoms with E-state index in [9.17, 15) is 9.18 Å². The van der Waals surface area contributed by atoms with Gasteiger partial charge in [-0.15, -0.1) is 0 Å². The van der Waals surface area contributed by atoms with E-state index in [0.29, 0.717) is 15.2 Å². The summed E-state index contributed by atoms with van der Waals surface area (Å²) in [6, 6.07) is 9.12. The maximum absolute atomic E-state index is 13.7. The van der Waals surface area contributed by atoms with Crippen molar-refractivity contribution in [2.45, 2.75) is 0 Å². The van der Waals surface area contributed by atoms with Gasteiger partial charge in [0, 0.05) is 10.2 Å². The van der Waals surface area contributed by atoms with Crippen molar-refractivity contribution in [3.8, 4) is 0 Å². The third-order valence-electron chi connectivity index (χ3n) is 2.37. The van der Waals surface area contributed by atoms with Crippen LogP contribution in [0.25, 0.3) is 0 Å². The molecule has 2 nitrogen and oxygen atoms in total. The zero-order valence-corrected chi connectivity index (χ0v) is 12.5. The van der Waals surface area contributed by atoms with Crippen LogP contribution in [0.5, 0.6) is 0 Å². The van der Waals surface area contributed by atoms with Crippen LogP contribution in [0, 0.1) is 5.82 Å². The summed E-state index contributed by atoms with van der Waals surface area (Å²) in [4.78, 5) is 11.9. The van der Waals surface area contributed by atoms with Gasteiger partial charge in [-0.2, -0.15) is 0 Å². The molecule has 0 aliphatic carbocycles. The number of nitrogens with one attached hydrogen (secondary N) is 1. The number of carbonyl (C=O) groups excluding carboxylic acids is 1. The van der Waals surface area contributed by atoms with Gasteiger partial charge in [0.05, 0.1) is 15.6 Å². The molecule has 0 aromatic heterocycles. The normalized spacial score (nSPS) is 10.3. The standard InChI is InChI=1S/C13H7BrCl2FNO/c14-9-6-7(4-5-10(9)15)18-13(19)8-2-1-3-11(16)12(8)17/h1-6H,(H,18,19). The molecule has 1 N–H and O–H groups in total. The van der Waals surface area contributed by atoms with Gasteiger partial charge in [-0.1, -0.05) is 29.3 Å². The van der Waals surface area contributed by atoms with Crippen LogP contribution in [0.4, 0.5) is 10.1 Å². The van der Waals surface area contributed by atoms with Gasteiger partial charge in [-0.3, -0.25) is 4.79 Å². The van der Waals surface area contributed by atoms with Crippen LogP contribution in [0.15, 0.2) is 40.9 Å². The van der Waals surface area contributed by atoms with E-state index in [2.05, 4.69) is 21.2 Å². The molecule has 0 heterocycles. The molecule has 2 aromatic carbocycles. The number of halogens is 4. The lowest BCUT2D eigenvalue weighted by atomic mass is 10.2. The molecule has 0 atom stereocenters. The van der Waals surface area contributed by atoms with Crippen LogP contribution in [-0.2, 0) is 0 Å². The Morgan fingerprint density at radius 3 is 2.58 bits per heavy atom. The maximum Gasteiger partial charge on any atom is 0.258 e. The van der Waals surface area contributed by atoms with Crippen molar-refractivity contribution in [3.63, 3.8) is 0 Å². The van der Waals surface area contributed by atoms with Crippen molar-refractivity contribution in [3.05, 3.63) is 62.3 Å². The quantitative estimate of drug-likeness (QED) is 0.786. The molecule has 0 spiro atoms. The molecule has 0 aliphatic rings. The second-order valence-electron chi connectivity index (χ2n) is 3.68. The minimum atomic E-state index is -0.741. The van der Waals surface area contributed by atoms with Crippen molar-refractivity contribution in [2.24, 2.45) is 0 Å². The number of benzene rings is 2. The van der Waals surface area contributed by atoms with E-state index >= 15 is 0 Å². The summed E-state index contributed by atoms with van der Waals surface area (Å²) in [5.41, 5.74) is 0.388. The highest BCUT2D eigenvalue weighted by Gasteiger charge is 2.14. The Morgan fingerprint density at radius 2 is 1.89 bits per heavy atom. The van der Waals surface area contributed by atoms with E-state index < -0.39 is 11.7 Å². The summed E-state index contributed by atoms with van der Waals surface area (Å²) in [7, 11) is 0. The van der Waals surface area contributed by atoms with E-state index in [-0.39, 0.29) is 10.6 Å². The third-order valence-corrected chi connectivity index (χ3v) is 3.88. The summed E-state index contributed by atoms with van der Waals surface area (Å²) in [5.74, 6) is -1.32. The fourth-order valence-corrected chi connectivity index (χ4v) is 2.12. The number of hydrogen-bond acceptors (Lipinski definition) is 1. The first kappa shape index (κ1) is 14.3. The Hall–Kier alpha value is -1.10. The van der Waals surface area contributed by atoms with Gasteiger partial charge in [0.2, 0.25) is 0 Å². The minimum absolute atomic E-state index is 0.0927. The van der Waals surface area contributed by atoms with Gasteiger partial charge in [0.25, 0.3) is 5.91 Å². The Morgan fingerprint density at radius 1 is 1.16 bits per heavy atom. The summed E-state index contributed by atoms with van der Waals surface area (Å²) < 4.78 is 14.3. The van der Waals surface area contributed by atoms with Gasteiger partial charge in [0.15, 0.2) is 5.82 Å². The molecule has 2 rings (SSSR count). The monoisotopic (exact) mass is 361 g/mol. The molecule has 19 heavy (non-hydrogen) atoms. The second-order valence-corrected chi connectivity index (χ2v) is 5.35. The smallest absolute Gasteiger partial charge is 0.258 e. The number of amides is 1. The molecule has 6 heteroatoms. The van der Waals surface area contributed by atoms with Gasteiger partial charge in [0.1, 0.15) is 0 Å². The molecule has 0 saturated carbocycles. The van der Waals surface area contributed by atoms with E-state index in [4.69, 9.17) is 23.2 Å².